The minimum Gasteiger partial charge on any atom is -0.484 e. The van der Waals surface area contributed by atoms with Gasteiger partial charge in [0.15, 0.2) is 6.61 Å². The summed E-state index contributed by atoms with van der Waals surface area (Å²) in [6.07, 6.45) is 8.09. The van der Waals surface area contributed by atoms with Crippen molar-refractivity contribution in [2.24, 2.45) is 0 Å². The van der Waals surface area contributed by atoms with Gasteiger partial charge in [-0.1, -0.05) is 31.4 Å². The van der Waals surface area contributed by atoms with Crippen molar-refractivity contribution in [1.82, 2.24) is 9.80 Å². The number of hydrogen-bond donors (Lipinski definition) is 1. The summed E-state index contributed by atoms with van der Waals surface area (Å²) in [7, 11) is 2.00. The van der Waals surface area contributed by atoms with Crippen LogP contribution in [0.3, 0.4) is 0 Å². The standard InChI is InChI=1S/C23H36N2O4/c1-24(16-20(26)17-28-21-7-3-2-4-8-21)15-19-9-11-22(12-10-19)29-18-23(27)25-13-5-6-14-25/h9-12,20-21,26H,2-8,13-18H2,1H3/t20-/m1/s1. The fraction of sp³-hybridized carbons (Fsp3) is 0.696. The topological polar surface area (TPSA) is 62.2 Å². The van der Waals surface area contributed by atoms with Crippen molar-refractivity contribution < 1.29 is 19.4 Å². The molecule has 0 spiro atoms. The molecule has 0 radical (unpaired) electrons. The molecule has 2 fully saturated rings. The van der Waals surface area contributed by atoms with Gasteiger partial charge >= 0.3 is 0 Å². The SMILES string of the molecule is CN(Cc1ccc(OCC(=O)N2CCCC2)cc1)C[C@@H](O)COC1CCCCC1. The zero-order valence-corrected chi connectivity index (χ0v) is 17.7. The first-order valence-electron chi connectivity index (χ1n) is 11.1. The number of carbonyl (C=O) groups excluding carboxylic acids is 1. The second-order valence-corrected chi connectivity index (χ2v) is 8.46. The van der Waals surface area contributed by atoms with Gasteiger partial charge < -0.3 is 19.5 Å². The Morgan fingerprint density at radius 2 is 1.83 bits per heavy atom. The smallest absolute Gasteiger partial charge is 0.260 e. The minimum atomic E-state index is -0.471. The van der Waals surface area contributed by atoms with E-state index in [0.29, 0.717) is 25.0 Å². The first kappa shape index (κ1) is 22.1. The second kappa shape index (κ2) is 11.5. The van der Waals surface area contributed by atoms with Gasteiger partial charge in [-0.05, 0) is 50.4 Å². The first-order valence-corrected chi connectivity index (χ1v) is 11.1. The summed E-state index contributed by atoms with van der Waals surface area (Å²) in [5, 5.41) is 10.3. The third-order valence-electron chi connectivity index (χ3n) is 5.80. The zero-order chi connectivity index (χ0) is 20.5. The lowest BCUT2D eigenvalue weighted by atomic mass is 9.98. The number of rotatable bonds is 10. The molecule has 1 saturated heterocycles. The lowest BCUT2D eigenvalue weighted by Gasteiger charge is -2.25. The van der Waals surface area contributed by atoms with Crippen LogP contribution in [0.5, 0.6) is 5.75 Å². The van der Waals surface area contributed by atoms with Crippen LogP contribution >= 0.6 is 0 Å². The highest BCUT2D eigenvalue weighted by molar-refractivity contribution is 5.78. The summed E-state index contributed by atoms with van der Waals surface area (Å²) in [6, 6.07) is 7.83. The molecule has 1 aliphatic carbocycles. The predicted molar refractivity (Wildman–Crippen MR) is 113 cm³/mol. The van der Waals surface area contributed by atoms with Crippen molar-refractivity contribution in [3.05, 3.63) is 29.8 Å². The van der Waals surface area contributed by atoms with E-state index in [4.69, 9.17) is 9.47 Å². The van der Waals surface area contributed by atoms with Crippen molar-refractivity contribution in [3.8, 4) is 5.75 Å². The number of likely N-dealkylation sites (N-methyl/N-ethyl adjacent to an activating group) is 1. The number of ether oxygens (including phenoxy) is 2. The van der Waals surface area contributed by atoms with Gasteiger partial charge in [-0.15, -0.1) is 0 Å². The van der Waals surface area contributed by atoms with Gasteiger partial charge in [0.25, 0.3) is 5.91 Å². The molecule has 0 aromatic heterocycles. The molecule has 29 heavy (non-hydrogen) atoms. The van der Waals surface area contributed by atoms with Crippen molar-refractivity contribution in [2.45, 2.75) is 63.7 Å². The largest absolute Gasteiger partial charge is 0.484 e. The molecule has 6 nitrogen and oxygen atoms in total. The van der Waals surface area contributed by atoms with Crippen molar-refractivity contribution in [1.29, 1.82) is 0 Å². The van der Waals surface area contributed by atoms with E-state index in [1.165, 1.54) is 19.3 Å². The average Bonchev–Trinajstić information content (AvgIpc) is 3.27. The third-order valence-corrected chi connectivity index (χ3v) is 5.80. The Balaban J connectivity index is 1.34. The maximum absolute atomic E-state index is 12.0. The summed E-state index contributed by atoms with van der Waals surface area (Å²) in [5.41, 5.74) is 1.14. The van der Waals surface area contributed by atoms with Crippen molar-refractivity contribution in [3.63, 3.8) is 0 Å². The van der Waals surface area contributed by atoms with E-state index in [1.807, 2.05) is 36.2 Å². The van der Waals surface area contributed by atoms with Crippen LogP contribution in [0.2, 0.25) is 0 Å². The van der Waals surface area contributed by atoms with Crippen LogP contribution in [0, 0.1) is 0 Å². The van der Waals surface area contributed by atoms with E-state index in [0.717, 1.165) is 50.9 Å². The summed E-state index contributed by atoms with van der Waals surface area (Å²) < 4.78 is 11.5. The molecule has 1 atom stereocenters. The molecular formula is C23H36N2O4. The highest BCUT2D eigenvalue weighted by Gasteiger charge is 2.18. The first-order chi connectivity index (χ1) is 14.1. The highest BCUT2D eigenvalue weighted by Crippen LogP contribution is 2.20. The Bertz CT molecular complexity index is 610. The van der Waals surface area contributed by atoms with E-state index >= 15 is 0 Å². The van der Waals surface area contributed by atoms with Gasteiger partial charge in [0.1, 0.15) is 5.75 Å². The molecule has 0 bridgehead atoms. The van der Waals surface area contributed by atoms with Crippen LogP contribution in [-0.2, 0) is 16.1 Å². The molecule has 1 aromatic rings. The van der Waals surface area contributed by atoms with Crippen LogP contribution in [0.1, 0.15) is 50.5 Å². The summed E-state index contributed by atoms with van der Waals surface area (Å²) in [6.45, 7) is 3.54. The normalized spacial score (nSPS) is 18.9. The molecule has 1 aromatic carbocycles. The number of aliphatic hydroxyl groups is 1. The highest BCUT2D eigenvalue weighted by atomic mass is 16.5. The van der Waals surface area contributed by atoms with Gasteiger partial charge in [0.2, 0.25) is 0 Å². The Labute approximate surface area is 174 Å². The summed E-state index contributed by atoms with van der Waals surface area (Å²) >= 11 is 0. The van der Waals surface area contributed by atoms with Crippen LogP contribution in [-0.4, -0.2) is 72.9 Å². The number of aliphatic hydroxyl groups excluding tert-OH is 1. The molecule has 162 valence electrons. The van der Waals surface area contributed by atoms with Gasteiger partial charge in [-0.25, -0.2) is 0 Å². The number of likely N-dealkylation sites (tertiary alicyclic amines) is 1. The molecule has 0 unspecified atom stereocenters. The van der Waals surface area contributed by atoms with Crippen molar-refractivity contribution >= 4 is 5.91 Å². The van der Waals surface area contributed by atoms with E-state index < -0.39 is 6.10 Å². The molecule has 2 aliphatic rings. The monoisotopic (exact) mass is 404 g/mol. The Morgan fingerprint density at radius 3 is 2.52 bits per heavy atom. The van der Waals surface area contributed by atoms with E-state index in [1.54, 1.807) is 0 Å². The Morgan fingerprint density at radius 1 is 1.14 bits per heavy atom. The van der Waals surface area contributed by atoms with Gasteiger partial charge in [0, 0.05) is 26.2 Å². The molecule has 1 heterocycles. The Hall–Kier alpha value is -1.63. The van der Waals surface area contributed by atoms with E-state index in [-0.39, 0.29) is 12.5 Å². The molecule has 1 aliphatic heterocycles. The summed E-state index contributed by atoms with van der Waals surface area (Å²) in [5.74, 6) is 0.778. The molecule has 1 saturated carbocycles. The van der Waals surface area contributed by atoms with Crippen LogP contribution in [0.4, 0.5) is 0 Å². The predicted octanol–water partition coefficient (Wildman–Crippen LogP) is 2.83. The minimum absolute atomic E-state index is 0.0655. The maximum Gasteiger partial charge on any atom is 0.260 e. The fourth-order valence-corrected chi connectivity index (χ4v) is 4.16. The van der Waals surface area contributed by atoms with Crippen molar-refractivity contribution in [2.75, 3.05) is 39.9 Å². The number of benzene rings is 1. The number of amides is 1. The molecule has 1 N–H and O–H groups in total. The molecule has 1 amide bonds. The van der Waals surface area contributed by atoms with Crippen LogP contribution in [0.15, 0.2) is 24.3 Å². The number of hydrogen-bond acceptors (Lipinski definition) is 5. The number of nitrogens with zero attached hydrogens (tertiary/aromatic N) is 2. The fourth-order valence-electron chi connectivity index (χ4n) is 4.16. The van der Waals surface area contributed by atoms with Gasteiger partial charge in [-0.3, -0.25) is 9.69 Å². The van der Waals surface area contributed by atoms with E-state index in [9.17, 15) is 9.90 Å². The van der Waals surface area contributed by atoms with Crippen LogP contribution in [0.25, 0.3) is 0 Å². The lowest BCUT2D eigenvalue weighted by Crippen LogP contribution is -2.33. The molecule has 6 heteroatoms. The Kier molecular flexibility index (Phi) is 8.77. The maximum atomic E-state index is 12.0. The average molecular weight is 405 g/mol. The van der Waals surface area contributed by atoms with Gasteiger partial charge in [-0.2, -0.15) is 0 Å². The van der Waals surface area contributed by atoms with Crippen LogP contribution < -0.4 is 4.74 Å². The number of carbonyl (C=O) groups is 1. The zero-order valence-electron chi connectivity index (χ0n) is 17.7. The molecule has 3 rings (SSSR count). The lowest BCUT2D eigenvalue weighted by molar-refractivity contribution is -0.132. The van der Waals surface area contributed by atoms with Gasteiger partial charge in [0.05, 0.1) is 18.8 Å². The third kappa shape index (κ3) is 7.61. The summed E-state index contributed by atoms with van der Waals surface area (Å²) in [4.78, 5) is 16.0. The quantitative estimate of drug-likeness (QED) is 0.650. The van der Waals surface area contributed by atoms with E-state index in [2.05, 4.69) is 4.90 Å². The second-order valence-electron chi connectivity index (χ2n) is 8.46. The molecular weight excluding hydrogens is 368 g/mol.